The number of rotatable bonds is 4. The second kappa shape index (κ2) is 7.24. The summed E-state index contributed by atoms with van der Waals surface area (Å²) in [5, 5.41) is 4.85. The SMILES string of the molecule is C/C(=N/NC(=O)[C@@H]1C[C@H]1c1ccc(C(C)(C)C)cc1)c1ccccc1Cl. The molecule has 0 bridgehead atoms. The predicted octanol–water partition coefficient (Wildman–Crippen LogP) is 5.28. The molecule has 3 nitrogen and oxygen atoms in total. The molecule has 2 aromatic rings. The summed E-state index contributed by atoms with van der Waals surface area (Å²) in [5.41, 5.74) is 6.91. The van der Waals surface area contributed by atoms with Gasteiger partial charge in [0.15, 0.2) is 0 Å². The first kappa shape index (κ1) is 18.7. The van der Waals surface area contributed by atoms with Gasteiger partial charge < -0.3 is 0 Å². The van der Waals surface area contributed by atoms with E-state index in [-0.39, 0.29) is 17.2 Å². The van der Waals surface area contributed by atoms with Gasteiger partial charge in [0.25, 0.3) is 0 Å². The van der Waals surface area contributed by atoms with Gasteiger partial charge in [0.1, 0.15) is 0 Å². The molecule has 4 heteroatoms. The van der Waals surface area contributed by atoms with E-state index in [1.807, 2.05) is 31.2 Å². The fourth-order valence-corrected chi connectivity index (χ4v) is 3.39. The zero-order chi connectivity index (χ0) is 18.9. The molecule has 0 saturated heterocycles. The Morgan fingerprint density at radius 2 is 1.77 bits per heavy atom. The molecule has 136 valence electrons. The average Bonchev–Trinajstić information content (AvgIpc) is 3.40. The Labute approximate surface area is 160 Å². The number of hydrogen-bond donors (Lipinski definition) is 1. The Morgan fingerprint density at radius 1 is 1.12 bits per heavy atom. The lowest BCUT2D eigenvalue weighted by Crippen LogP contribution is -2.21. The third-order valence-corrected chi connectivity index (χ3v) is 5.26. The second-order valence-corrected chi connectivity index (χ2v) is 8.38. The van der Waals surface area contributed by atoms with E-state index >= 15 is 0 Å². The molecule has 1 saturated carbocycles. The van der Waals surface area contributed by atoms with Crippen molar-refractivity contribution in [2.45, 2.75) is 45.4 Å². The van der Waals surface area contributed by atoms with Crippen molar-refractivity contribution in [3.63, 3.8) is 0 Å². The number of nitrogens with zero attached hydrogens (tertiary/aromatic N) is 1. The first-order chi connectivity index (χ1) is 12.3. The molecule has 0 spiro atoms. The van der Waals surface area contributed by atoms with Crippen LogP contribution in [0.1, 0.15) is 56.7 Å². The minimum atomic E-state index is -0.0266. The van der Waals surface area contributed by atoms with E-state index in [1.165, 1.54) is 11.1 Å². The average molecular weight is 369 g/mol. The maximum absolute atomic E-state index is 12.4. The number of carbonyl (C=O) groups excluding carboxylic acids is 1. The molecular weight excluding hydrogens is 344 g/mol. The van der Waals surface area contributed by atoms with E-state index < -0.39 is 0 Å². The number of halogens is 1. The molecule has 1 N–H and O–H groups in total. The van der Waals surface area contributed by atoms with Crippen molar-refractivity contribution in [2.75, 3.05) is 0 Å². The number of hydrazone groups is 1. The fourth-order valence-electron chi connectivity index (χ4n) is 3.12. The lowest BCUT2D eigenvalue weighted by atomic mass is 9.86. The van der Waals surface area contributed by atoms with Crippen LogP contribution in [0.3, 0.4) is 0 Å². The standard InChI is InChI=1S/C22H25ClN2O/c1-14(17-7-5-6-8-20(17)23)24-25-21(26)19-13-18(19)15-9-11-16(12-10-15)22(2,3)4/h5-12,18-19H,13H2,1-4H3,(H,25,26)/b24-14-/t18-,19+/m0/s1. The van der Waals surface area contributed by atoms with Crippen LogP contribution in [0.2, 0.25) is 5.02 Å². The molecule has 1 aliphatic carbocycles. The summed E-state index contributed by atoms with van der Waals surface area (Å²) in [7, 11) is 0. The van der Waals surface area contributed by atoms with Crippen molar-refractivity contribution < 1.29 is 4.79 Å². The van der Waals surface area contributed by atoms with Crippen LogP contribution in [0.4, 0.5) is 0 Å². The number of benzene rings is 2. The van der Waals surface area contributed by atoms with E-state index in [0.29, 0.717) is 16.7 Å². The van der Waals surface area contributed by atoms with E-state index in [1.54, 1.807) is 0 Å². The smallest absolute Gasteiger partial charge is 0.243 e. The van der Waals surface area contributed by atoms with Gasteiger partial charge >= 0.3 is 0 Å². The van der Waals surface area contributed by atoms with Crippen LogP contribution < -0.4 is 5.43 Å². The van der Waals surface area contributed by atoms with E-state index in [2.05, 4.69) is 55.6 Å². The van der Waals surface area contributed by atoms with Crippen LogP contribution in [-0.2, 0) is 10.2 Å². The topological polar surface area (TPSA) is 41.5 Å². The van der Waals surface area contributed by atoms with Gasteiger partial charge in [-0.25, -0.2) is 5.43 Å². The lowest BCUT2D eigenvalue weighted by Gasteiger charge is -2.19. The molecule has 0 aliphatic heterocycles. The van der Waals surface area contributed by atoms with Crippen LogP contribution in [-0.4, -0.2) is 11.6 Å². The molecule has 0 aromatic heterocycles. The summed E-state index contributed by atoms with van der Waals surface area (Å²) in [4.78, 5) is 12.4. The van der Waals surface area contributed by atoms with Gasteiger partial charge in [-0.3, -0.25) is 4.79 Å². The summed E-state index contributed by atoms with van der Waals surface area (Å²) in [6.45, 7) is 8.45. The monoisotopic (exact) mass is 368 g/mol. The van der Waals surface area contributed by atoms with E-state index in [0.717, 1.165) is 12.0 Å². The summed E-state index contributed by atoms with van der Waals surface area (Å²) < 4.78 is 0. The van der Waals surface area contributed by atoms with Gasteiger partial charge in [-0.05, 0) is 41.9 Å². The van der Waals surface area contributed by atoms with Gasteiger partial charge in [0.2, 0.25) is 5.91 Å². The fraction of sp³-hybridized carbons (Fsp3) is 0.364. The molecule has 2 atom stereocenters. The molecule has 26 heavy (non-hydrogen) atoms. The first-order valence-electron chi connectivity index (χ1n) is 8.97. The van der Waals surface area contributed by atoms with Crippen molar-refractivity contribution >= 4 is 23.2 Å². The van der Waals surface area contributed by atoms with Gasteiger partial charge in [0.05, 0.1) is 5.71 Å². The van der Waals surface area contributed by atoms with Crippen LogP contribution in [0, 0.1) is 5.92 Å². The van der Waals surface area contributed by atoms with Crippen molar-refractivity contribution in [1.82, 2.24) is 5.43 Å². The van der Waals surface area contributed by atoms with Crippen LogP contribution in [0.25, 0.3) is 0 Å². The van der Waals surface area contributed by atoms with E-state index in [4.69, 9.17) is 11.6 Å². The molecule has 2 aromatic carbocycles. The molecule has 0 unspecified atom stereocenters. The van der Waals surface area contributed by atoms with Crippen molar-refractivity contribution in [3.05, 3.63) is 70.2 Å². The summed E-state index contributed by atoms with van der Waals surface area (Å²) in [5.74, 6) is 0.263. The van der Waals surface area contributed by atoms with Crippen molar-refractivity contribution in [2.24, 2.45) is 11.0 Å². The van der Waals surface area contributed by atoms with Crippen LogP contribution >= 0.6 is 11.6 Å². The molecule has 1 fully saturated rings. The third kappa shape index (κ3) is 4.16. The Morgan fingerprint density at radius 3 is 2.38 bits per heavy atom. The molecular formula is C22H25ClN2O. The molecule has 3 rings (SSSR count). The van der Waals surface area contributed by atoms with Crippen LogP contribution in [0.5, 0.6) is 0 Å². The zero-order valence-electron chi connectivity index (χ0n) is 15.7. The number of amides is 1. The first-order valence-corrected chi connectivity index (χ1v) is 9.34. The lowest BCUT2D eigenvalue weighted by molar-refractivity contribution is -0.122. The summed E-state index contributed by atoms with van der Waals surface area (Å²) >= 11 is 6.16. The maximum Gasteiger partial charge on any atom is 0.243 e. The highest BCUT2D eigenvalue weighted by Gasteiger charge is 2.44. The number of nitrogens with one attached hydrogen (secondary N) is 1. The normalized spacial score (nSPS) is 20.0. The Hall–Kier alpha value is -2.13. The van der Waals surface area contributed by atoms with Crippen molar-refractivity contribution in [1.29, 1.82) is 0 Å². The van der Waals surface area contributed by atoms with Crippen molar-refractivity contribution in [3.8, 4) is 0 Å². The second-order valence-electron chi connectivity index (χ2n) is 7.97. The third-order valence-electron chi connectivity index (χ3n) is 4.93. The highest BCUT2D eigenvalue weighted by Crippen LogP contribution is 2.47. The van der Waals surface area contributed by atoms with E-state index in [9.17, 15) is 4.79 Å². The molecule has 1 aliphatic rings. The minimum absolute atomic E-state index is 0.00159. The summed E-state index contributed by atoms with van der Waals surface area (Å²) in [6, 6.07) is 16.1. The summed E-state index contributed by atoms with van der Waals surface area (Å²) in [6.07, 6.45) is 0.876. The highest BCUT2D eigenvalue weighted by atomic mass is 35.5. The Balaban J connectivity index is 1.61. The maximum atomic E-state index is 12.4. The minimum Gasteiger partial charge on any atom is -0.273 e. The largest absolute Gasteiger partial charge is 0.273 e. The van der Waals surface area contributed by atoms with Gasteiger partial charge in [-0.2, -0.15) is 5.10 Å². The zero-order valence-corrected chi connectivity index (χ0v) is 16.5. The predicted molar refractivity (Wildman–Crippen MR) is 108 cm³/mol. The number of hydrogen-bond acceptors (Lipinski definition) is 2. The Kier molecular flexibility index (Phi) is 5.19. The quantitative estimate of drug-likeness (QED) is 0.578. The van der Waals surface area contributed by atoms with Crippen LogP contribution in [0.15, 0.2) is 53.6 Å². The highest BCUT2D eigenvalue weighted by molar-refractivity contribution is 6.34. The van der Waals surface area contributed by atoms with Gasteiger partial charge in [-0.15, -0.1) is 0 Å². The molecule has 0 heterocycles. The molecule has 1 amide bonds. The van der Waals surface area contributed by atoms with Gasteiger partial charge in [0, 0.05) is 16.5 Å². The van der Waals surface area contributed by atoms with Gasteiger partial charge in [-0.1, -0.05) is 74.8 Å². The Bertz CT molecular complexity index is 834. The number of carbonyl (C=O) groups is 1. The molecule has 0 radical (unpaired) electrons.